The highest BCUT2D eigenvalue weighted by Crippen LogP contribution is 2.15. The van der Waals surface area contributed by atoms with Crippen LogP contribution in [-0.2, 0) is 9.84 Å². The molecule has 1 fully saturated rings. The zero-order valence-electron chi connectivity index (χ0n) is 9.18. The van der Waals surface area contributed by atoms with Gasteiger partial charge in [-0.1, -0.05) is 0 Å². The van der Waals surface area contributed by atoms with E-state index in [0.717, 1.165) is 12.8 Å². The fourth-order valence-electron chi connectivity index (χ4n) is 1.88. The van der Waals surface area contributed by atoms with Crippen LogP contribution in [0.3, 0.4) is 0 Å². The average Bonchev–Trinajstić information content (AvgIpc) is 2.15. The third-order valence-corrected chi connectivity index (χ3v) is 4.41. The standard InChI is InChI=1S/C10H15N3O2S/c1-8-11-5-4-10(12-8)13-9-3-2-6-16(14,15)7-9/h4-5,9H,2-3,6-7H2,1H3,(H,11,12,13). The Labute approximate surface area is 95.2 Å². The molecule has 0 amide bonds. The molecular weight excluding hydrogens is 226 g/mol. The van der Waals surface area contributed by atoms with Crippen LogP contribution < -0.4 is 5.32 Å². The highest BCUT2D eigenvalue weighted by atomic mass is 32.2. The maximum Gasteiger partial charge on any atom is 0.152 e. The number of aromatic nitrogens is 2. The van der Waals surface area contributed by atoms with E-state index in [1.54, 1.807) is 12.3 Å². The van der Waals surface area contributed by atoms with E-state index in [0.29, 0.717) is 17.4 Å². The van der Waals surface area contributed by atoms with Crippen molar-refractivity contribution in [2.75, 3.05) is 16.8 Å². The number of nitrogens with one attached hydrogen (secondary N) is 1. The highest BCUT2D eigenvalue weighted by molar-refractivity contribution is 7.91. The van der Waals surface area contributed by atoms with Crippen LogP contribution in [0.25, 0.3) is 0 Å². The van der Waals surface area contributed by atoms with Crippen LogP contribution in [0, 0.1) is 6.92 Å². The van der Waals surface area contributed by atoms with Gasteiger partial charge in [0.25, 0.3) is 0 Å². The van der Waals surface area contributed by atoms with Gasteiger partial charge in [0.1, 0.15) is 11.6 Å². The molecule has 5 nitrogen and oxygen atoms in total. The van der Waals surface area contributed by atoms with Crippen LogP contribution in [-0.4, -0.2) is 35.9 Å². The lowest BCUT2D eigenvalue weighted by Gasteiger charge is -2.23. The van der Waals surface area contributed by atoms with Gasteiger partial charge in [0, 0.05) is 12.2 Å². The lowest BCUT2D eigenvalue weighted by molar-refractivity contribution is 0.561. The molecule has 1 aromatic heterocycles. The first-order chi connectivity index (χ1) is 7.55. The van der Waals surface area contributed by atoms with E-state index in [4.69, 9.17) is 0 Å². The van der Waals surface area contributed by atoms with E-state index in [1.807, 2.05) is 6.92 Å². The molecular formula is C10H15N3O2S. The van der Waals surface area contributed by atoms with Gasteiger partial charge in [0.2, 0.25) is 0 Å². The summed E-state index contributed by atoms with van der Waals surface area (Å²) in [5.74, 6) is 1.91. The van der Waals surface area contributed by atoms with Crippen LogP contribution in [0.2, 0.25) is 0 Å². The number of nitrogens with zero attached hydrogens (tertiary/aromatic N) is 2. The highest BCUT2D eigenvalue weighted by Gasteiger charge is 2.24. The van der Waals surface area contributed by atoms with E-state index in [1.165, 1.54) is 0 Å². The van der Waals surface area contributed by atoms with Crippen molar-refractivity contribution in [3.63, 3.8) is 0 Å². The van der Waals surface area contributed by atoms with E-state index in [2.05, 4.69) is 15.3 Å². The maximum absolute atomic E-state index is 11.4. The predicted octanol–water partition coefficient (Wildman–Crippen LogP) is 0.774. The fourth-order valence-corrected chi connectivity index (χ4v) is 3.52. The van der Waals surface area contributed by atoms with Crippen molar-refractivity contribution < 1.29 is 8.42 Å². The van der Waals surface area contributed by atoms with Crippen LogP contribution in [0.4, 0.5) is 5.82 Å². The van der Waals surface area contributed by atoms with Gasteiger partial charge in [-0.05, 0) is 25.8 Å². The summed E-state index contributed by atoms with van der Waals surface area (Å²) in [5.41, 5.74) is 0. The van der Waals surface area contributed by atoms with Crippen molar-refractivity contribution in [2.24, 2.45) is 0 Å². The molecule has 0 spiro atoms. The summed E-state index contributed by atoms with van der Waals surface area (Å²) in [7, 11) is -2.87. The SMILES string of the molecule is Cc1nccc(NC2CCCS(=O)(=O)C2)n1. The lowest BCUT2D eigenvalue weighted by atomic mass is 10.2. The van der Waals surface area contributed by atoms with Gasteiger partial charge < -0.3 is 5.32 Å². The van der Waals surface area contributed by atoms with Gasteiger partial charge >= 0.3 is 0 Å². The number of hydrogen-bond acceptors (Lipinski definition) is 5. The van der Waals surface area contributed by atoms with Crippen molar-refractivity contribution in [3.05, 3.63) is 18.1 Å². The second-order valence-electron chi connectivity index (χ2n) is 4.09. The Hall–Kier alpha value is -1.17. The quantitative estimate of drug-likeness (QED) is 0.828. The molecule has 2 heterocycles. The third-order valence-electron chi connectivity index (χ3n) is 2.59. The number of aryl methyl sites for hydroxylation is 1. The third kappa shape index (κ3) is 2.91. The first-order valence-electron chi connectivity index (χ1n) is 5.32. The Morgan fingerprint density at radius 3 is 3.00 bits per heavy atom. The molecule has 1 atom stereocenters. The zero-order chi connectivity index (χ0) is 11.6. The van der Waals surface area contributed by atoms with Gasteiger partial charge in [0.15, 0.2) is 9.84 Å². The van der Waals surface area contributed by atoms with Crippen molar-refractivity contribution in [3.8, 4) is 0 Å². The predicted molar refractivity (Wildman–Crippen MR) is 62.1 cm³/mol. The minimum absolute atomic E-state index is 0.0203. The molecule has 0 bridgehead atoms. The Morgan fingerprint density at radius 2 is 2.31 bits per heavy atom. The first-order valence-corrected chi connectivity index (χ1v) is 7.14. The van der Waals surface area contributed by atoms with Gasteiger partial charge in [-0.15, -0.1) is 0 Å². The summed E-state index contributed by atoms with van der Waals surface area (Å²) in [5, 5.41) is 3.15. The number of sulfone groups is 1. The summed E-state index contributed by atoms with van der Waals surface area (Å²) >= 11 is 0. The summed E-state index contributed by atoms with van der Waals surface area (Å²) in [6, 6.07) is 1.74. The molecule has 2 rings (SSSR count). The molecule has 1 saturated heterocycles. The zero-order valence-corrected chi connectivity index (χ0v) is 10.00. The van der Waals surface area contributed by atoms with Crippen LogP contribution in [0.1, 0.15) is 18.7 Å². The maximum atomic E-state index is 11.4. The van der Waals surface area contributed by atoms with Gasteiger partial charge in [0.05, 0.1) is 11.5 Å². The molecule has 88 valence electrons. The van der Waals surface area contributed by atoms with Crippen molar-refractivity contribution in [1.29, 1.82) is 0 Å². The Balaban J connectivity index is 2.05. The molecule has 1 unspecified atom stereocenters. The van der Waals surface area contributed by atoms with Gasteiger partial charge in [-0.2, -0.15) is 0 Å². The molecule has 1 aromatic rings. The molecule has 0 radical (unpaired) electrons. The van der Waals surface area contributed by atoms with Crippen molar-refractivity contribution in [2.45, 2.75) is 25.8 Å². The molecule has 0 saturated carbocycles. The van der Waals surface area contributed by atoms with E-state index >= 15 is 0 Å². The molecule has 6 heteroatoms. The summed E-state index contributed by atoms with van der Waals surface area (Å²) in [6.07, 6.45) is 3.27. The van der Waals surface area contributed by atoms with Crippen LogP contribution in [0.15, 0.2) is 12.3 Å². The molecule has 0 aliphatic carbocycles. The molecule has 1 N–H and O–H groups in total. The fraction of sp³-hybridized carbons (Fsp3) is 0.600. The Morgan fingerprint density at radius 1 is 1.50 bits per heavy atom. The van der Waals surface area contributed by atoms with E-state index in [9.17, 15) is 8.42 Å². The molecule has 16 heavy (non-hydrogen) atoms. The topological polar surface area (TPSA) is 72.0 Å². The largest absolute Gasteiger partial charge is 0.366 e. The molecule has 1 aliphatic rings. The minimum atomic E-state index is -2.87. The van der Waals surface area contributed by atoms with Crippen LogP contribution in [0.5, 0.6) is 0 Å². The van der Waals surface area contributed by atoms with Crippen LogP contribution >= 0.6 is 0 Å². The summed E-state index contributed by atoms with van der Waals surface area (Å²) < 4.78 is 22.9. The second-order valence-corrected chi connectivity index (χ2v) is 6.32. The second kappa shape index (κ2) is 4.37. The summed E-state index contributed by atoms with van der Waals surface area (Å²) in [4.78, 5) is 8.19. The van der Waals surface area contributed by atoms with Crippen molar-refractivity contribution in [1.82, 2.24) is 9.97 Å². The summed E-state index contributed by atoms with van der Waals surface area (Å²) in [6.45, 7) is 1.81. The van der Waals surface area contributed by atoms with Gasteiger partial charge in [-0.25, -0.2) is 18.4 Å². The Kier molecular flexibility index (Phi) is 3.09. The van der Waals surface area contributed by atoms with Crippen molar-refractivity contribution >= 4 is 15.7 Å². The first kappa shape index (κ1) is 11.3. The Bertz CT molecular complexity index is 473. The number of anilines is 1. The smallest absolute Gasteiger partial charge is 0.152 e. The van der Waals surface area contributed by atoms with E-state index in [-0.39, 0.29) is 11.8 Å². The number of rotatable bonds is 2. The normalized spacial score (nSPS) is 23.9. The number of hydrogen-bond donors (Lipinski definition) is 1. The minimum Gasteiger partial charge on any atom is -0.366 e. The van der Waals surface area contributed by atoms with E-state index < -0.39 is 9.84 Å². The van der Waals surface area contributed by atoms with Gasteiger partial charge in [-0.3, -0.25) is 0 Å². The monoisotopic (exact) mass is 241 g/mol. The molecule has 0 aromatic carbocycles. The lowest BCUT2D eigenvalue weighted by Crippen LogP contribution is -2.35. The molecule has 1 aliphatic heterocycles. The average molecular weight is 241 g/mol.